The van der Waals surface area contributed by atoms with Crippen molar-refractivity contribution in [3.8, 4) is 0 Å². The molecule has 1 fully saturated rings. The Kier molecular flexibility index (Phi) is 8.04. The van der Waals surface area contributed by atoms with E-state index in [-0.39, 0.29) is 17.8 Å². The molecule has 2 aromatic carbocycles. The Morgan fingerprint density at radius 1 is 1.07 bits per heavy atom. The van der Waals surface area contributed by atoms with Crippen LogP contribution < -0.4 is 10.2 Å². The molecular formula is C23H25Cl3N2O2. The molecule has 1 saturated carbocycles. The molecule has 0 unspecified atom stereocenters. The molecule has 1 aliphatic carbocycles. The lowest BCUT2D eigenvalue weighted by Crippen LogP contribution is -2.49. The number of hydrogen-bond acceptors (Lipinski definition) is 2. The molecule has 3 rings (SSSR count). The molecule has 1 N–H and O–H groups in total. The van der Waals surface area contributed by atoms with Crippen molar-refractivity contribution in [3.05, 3.63) is 64.1 Å². The number of carbonyl (C=O) groups is 2. The number of alkyl halides is 1. The van der Waals surface area contributed by atoms with E-state index in [2.05, 4.69) is 12.2 Å². The molecule has 2 aromatic rings. The smallest absolute Gasteiger partial charge is 0.248 e. The molecule has 0 heterocycles. The number of nitrogens with one attached hydrogen (secondary N) is 1. The van der Waals surface area contributed by atoms with Crippen LogP contribution in [0.2, 0.25) is 10.0 Å². The fourth-order valence-corrected chi connectivity index (χ4v) is 4.48. The SMILES string of the molecule is C[C@@H]1CCCC[C@H]1NC(=O)[C@H](c1ccccc1Cl)N(C(=O)CCl)c1ccc(Cl)cc1. The van der Waals surface area contributed by atoms with Crippen LogP contribution in [-0.2, 0) is 9.59 Å². The molecule has 160 valence electrons. The Morgan fingerprint density at radius 2 is 1.73 bits per heavy atom. The van der Waals surface area contributed by atoms with E-state index in [1.54, 1.807) is 48.5 Å². The van der Waals surface area contributed by atoms with E-state index in [4.69, 9.17) is 34.8 Å². The molecule has 3 atom stereocenters. The lowest BCUT2D eigenvalue weighted by molar-refractivity contribution is -0.126. The average molecular weight is 468 g/mol. The number of benzene rings is 2. The van der Waals surface area contributed by atoms with Gasteiger partial charge in [0.15, 0.2) is 0 Å². The third kappa shape index (κ3) is 5.29. The van der Waals surface area contributed by atoms with Crippen molar-refractivity contribution in [3.63, 3.8) is 0 Å². The van der Waals surface area contributed by atoms with Crippen molar-refractivity contribution in [2.45, 2.75) is 44.7 Å². The van der Waals surface area contributed by atoms with Crippen LogP contribution >= 0.6 is 34.8 Å². The summed E-state index contributed by atoms with van der Waals surface area (Å²) >= 11 is 18.4. The Morgan fingerprint density at radius 3 is 2.37 bits per heavy atom. The van der Waals surface area contributed by atoms with Crippen molar-refractivity contribution in [2.24, 2.45) is 5.92 Å². The number of hydrogen-bond donors (Lipinski definition) is 1. The van der Waals surface area contributed by atoms with E-state index < -0.39 is 11.9 Å². The summed E-state index contributed by atoms with van der Waals surface area (Å²) in [6, 6.07) is 12.9. The van der Waals surface area contributed by atoms with Gasteiger partial charge in [-0.05, 0) is 49.1 Å². The molecule has 0 spiro atoms. The van der Waals surface area contributed by atoms with E-state index in [1.807, 2.05) is 0 Å². The van der Waals surface area contributed by atoms with Crippen LogP contribution in [0.4, 0.5) is 5.69 Å². The van der Waals surface area contributed by atoms with E-state index in [9.17, 15) is 9.59 Å². The third-order valence-corrected chi connectivity index (χ3v) is 6.46. The van der Waals surface area contributed by atoms with Gasteiger partial charge in [0.1, 0.15) is 11.9 Å². The highest BCUT2D eigenvalue weighted by atomic mass is 35.5. The fourth-order valence-electron chi connectivity index (χ4n) is 3.99. The molecule has 0 radical (unpaired) electrons. The van der Waals surface area contributed by atoms with Gasteiger partial charge in [-0.25, -0.2) is 0 Å². The van der Waals surface area contributed by atoms with Crippen molar-refractivity contribution >= 4 is 52.3 Å². The minimum absolute atomic E-state index is 0.0643. The van der Waals surface area contributed by atoms with E-state index in [1.165, 1.54) is 11.3 Å². The molecule has 2 amide bonds. The molecule has 7 heteroatoms. The molecule has 0 aliphatic heterocycles. The van der Waals surface area contributed by atoms with Crippen LogP contribution in [0.25, 0.3) is 0 Å². The molecule has 0 aromatic heterocycles. The van der Waals surface area contributed by atoms with Crippen molar-refractivity contribution < 1.29 is 9.59 Å². The van der Waals surface area contributed by atoms with Gasteiger partial charge in [-0.15, -0.1) is 11.6 Å². The van der Waals surface area contributed by atoms with Gasteiger partial charge < -0.3 is 5.32 Å². The number of rotatable bonds is 6. The van der Waals surface area contributed by atoms with Crippen LogP contribution in [0, 0.1) is 5.92 Å². The lowest BCUT2D eigenvalue weighted by atomic mass is 9.85. The first-order chi connectivity index (χ1) is 14.4. The Labute approximate surface area is 192 Å². The van der Waals surface area contributed by atoms with Crippen molar-refractivity contribution in [1.82, 2.24) is 5.32 Å². The van der Waals surface area contributed by atoms with Crippen LogP contribution in [0.1, 0.15) is 44.2 Å². The van der Waals surface area contributed by atoms with Crippen LogP contribution in [-0.4, -0.2) is 23.7 Å². The van der Waals surface area contributed by atoms with Gasteiger partial charge in [0.25, 0.3) is 0 Å². The molecule has 0 saturated heterocycles. The van der Waals surface area contributed by atoms with E-state index in [0.717, 1.165) is 19.3 Å². The summed E-state index contributed by atoms with van der Waals surface area (Å²) < 4.78 is 0. The number of anilines is 1. The predicted molar refractivity (Wildman–Crippen MR) is 123 cm³/mol. The van der Waals surface area contributed by atoms with Gasteiger partial charge in [-0.3, -0.25) is 14.5 Å². The standard InChI is InChI=1S/C23H25Cl3N2O2/c1-15-6-2-5-9-20(15)27-23(30)22(18-7-3-4-8-19(18)26)28(21(29)14-24)17-12-10-16(25)11-13-17/h3-4,7-8,10-13,15,20,22H,2,5-6,9,14H2,1H3,(H,27,30)/t15-,20-,22+/m1/s1. The van der Waals surface area contributed by atoms with E-state index in [0.29, 0.717) is 27.2 Å². The molecule has 4 nitrogen and oxygen atoms in total. The largest absolute Gasteiger partial charge is 0.351 e. The maximum absolute atomic E-state index is 13.6. The fraction of sp³-hybridized carbons (Fsp3) is 0.391. The highest BCUT2D eigenvalue weighted by Gasteiger charge is 2.35. The Hall–Kier alpha value is -1.75. The van der Waals surface area contributed by atoms with Gasteiger partial charge in [0.2, 0.25) is 11.8 Å². The van der Waals surface area contributed by atoms with Crippen LogP contribution in [0.5, 0.6) is 0 Å². The zero-order valence-electron chi connectivity index (χ0n) is 16.8. The van der Waals surface area contributed by atoms with Gasteiger partial charge in [-0.2, -0.15) is 0 Å². The second-order valence-corrected chi connectivity index (χ2v) is 8.79. The normalized spacial score (nSPS) is 19.7. The van der Waals surface area contributed by atoms with Gasteiger partial charge >= 0.3 is 0 Å². The van der Waals surface area contributed by atoms with Gasteiger partial charge in [-0.1, -0.05) is 61.2 Å². The third-order valence-electron chi connectivity index (χ3n) is 5.63. The second kappa shape index (κ2) is 10.5. The zero-order valence-corrected chi connectivity index (χ0v) is 19.1. The van der Waals surface area contributed by atoms with Crippen LogP contribution in [0.3, 0.4) is 0 Å². The summed E-state index contributed by atoms with van der Waals surface area (Å²) in [5.41, 5.74) is 1.08. The van der Waals surface area contributed by atoms with Gasteiger partial charge in [0, 0.05) is 27.3 Å². The molecule has 0 bridgehead atoms. The monoisotopic (exact) mass is 466 g/mol. The molecular weight excluding hydrogens is 443 g/mol. The van der Waals surface area contributed by atoms with Gasteiger partial charge in [0.05, 0.1) is 0 Å². The first kappa shape index (κ1) is 22.9. The number of halogens is 3. The predicted octanol–water partition coefficient (Wildman–Crippen LogP) is 6.00. The highest BCUT2D eigenvalue weighted by Crippen LogP contribution is 2.34. The van der Waals surface area contributed by atoms with Crippen LogP contribution in [0.15, 0.2) is 48.5 Å². The summed E-state index contributed by atoms with van der Waals surface area (Å²) in [5, 5.41) is 4.12. The summed E-state index contributed by atoms with van der Waals surface area (Å²) in [4.78, 5) is 27.9. The first-order valence-corrected chi connectivity index (χ1v) is 11.4. The second-order valence-electron chi connectivity index (χ2n) is 7.67. The Balaban J connectivity index is 2.04. The first-order valence-electron chi connectivity index (χ1n) is 10.1. The number of amides is 2. The number of carbonyl (C=O) groups excluding carboxylic acids is 2. The quantitative estimate of drug-likeness (QED) is 0.530. The minimum Gasteiger partial charge on any atom is -0.351 e. The summed E-state index contributed by atoms with van der Waals surface area (Å²) in [5.74, 6) is -0.551. The Bertz CT molecular complexity index is 888. The van der Waals surface area contributed by atoms with E-state index >= 15 is 0 Å². The minimum atomic E-state index is -0.944. The lowest BCUT2D eigenvalue weighted by Gasteiger charge is -2.35. The maximum atomic E-state index is 13.6. The summed E-state index contributed by atoms with van der Waals surface area (Å²) in [6.07, 6.45) is 4.24. The van der Waals surface area contributed by atoms with Crippen molar-refractivity contribution in [2.75, 3.05) is 10.8 Å². The summed E-state index contributed by atoms with van der Waals surface area (Å²) in [6.45, 7) is 2.15. The molecule has 1 aliphatic rings. The highest BCUT2D eigenvalue weighted by molar-refractivity contribution is 6.32. The molecule has 30 heavy (non-hydrogen) atoms. The maximum Gasteiger partial charge on any atom is 0.248 e. The topological polar surface area (TPSA) is 49.4 Å². The van der Waals surface area contributed by atoms with Crippen molar-refractivity contribution in [1.29, 1.82) is 0 Å². The summed E-state index contributed by atoms with van der Waals surface area (Å²) in [7, 11) is 0. The zero-order chi connectivity index (χ0) is 21.7. The average Bonchev–Trinajstić information content (AvgIpc) is 2.74. The number of nitrogens with zero attached hydrogens (tertiary/aromatic N) is 1.